The molecule has 0 spiro atoms. The molecule has 154 valence electrons. The van der Waals surface area contributed by atoms with Crippen molar-refractivity contribution in [1.29, 1.82) is 0 Å². The smallest absolute Gasteiger partial charge is 0.277 e. The number of anilines is 1. The summed E-state index contributed by atoms with van der Waals surface area (Å²) < 4.78 is 26.1. The van der Waals surface area contributed by atoms with Gasteiger partial charge in [0.05, 0.1) is 29.1 Å². The zero-order valence-corrected chi connectivity index (χ0v) is 17.2. The highest BCUT2D eigenvalue weighted by atomic mass is 32.2. The molecule has 2 heterocycles. The number of thiazole rings is 1. The largest absolute Gasteiger partial charge is 0.395 e. The monoisotopic (exact) mass is 443 g/mol. The highest BCUT2D eigenvalue weighted by molar-refractivity contribution is 7.92. The van der Waals surface area contributed by atoms with Gasteiger partial charge in [-0.05, 0) is 23.8 Å². The van der Waals surface area contributed by atoms with Crippen molar-refractivity contribution >= 4 is 48.9 Å². The Morgan fingerprint density at radius 2 is 1.87 bits per heavy atom. The lowest BCUT2D eigenvalue weighted by atomic mass is 10.2. The maximum absolute atomic E-state index is 12.7. The van der Waals surface area contributed by atoms with Crippen molar-refractivity contribution in [3.8, 4) is 0 Å². The molecule has 0 saturated heterocycles. The van der Waals surface area contributed by atoms with E-state index in [1.807, 2.05) is 6.07 Å². The molecule has 30 heavy (non-hydrogen) atoms. The van der Waals surface area contributed by atoms with Crippen LogP contribution in [0.3, 0.4) is 0 Å². The Balaban J connectivity index is 1.57. The molecule has 1 aliphatic heterocycles. The number of benzene rings is 2. The van der Waals surface area contributed by atoms with Crippen LogP contribution in [0.1, 0.15) is 5.56 Å². The number of amides is 2. The van der Waals surface area contributed by atoms with E-state index in [2.05, 4.69) is 10.3 Å². The van der Waals surface area contributed by atoms with Crippen LogP contribution in [0.4, 0.5) is 5.69 Å². The summed E-state index contributed by atoms with van der Waals surface area (Å²) in [6, 6.07) is 13.9. The summed E-state index contributed by atoms with van der Waals surface area (Å²) >= 11 is 1.05. The molecule has 0 unspecified atom stereocenters. The molecular weight excluding hydrogens is 426 g/mol. The quantitative estimate of drug-likeness (QED) is 0.536. The van der Waals surface area contributed by atoms with Gasteiger partial charge >= 0.3 is 0 Å². The van der Waals surface area contributed by atoms with Crippen LogP contribution in [0.15, 0.2) is 64.6 Å². The lowest BCUT2D eigenvalue weighted by Crippen LogP contribution is -2.34. The third kappa shape index (κ3) is 3.97. The predicted molar refractivity (Wildman–Crippen MR) is 112 cm³/mol. The number of sulfone groups is 1. The highest BCUT2D eigenvalue weighted by Gasteiger charge is 2.30. The van der Waals surface area contributed by atoms with E-state index in [9.17, 15) is 18.0 Å². The Labute approximate surface area is 176 Å². The fourth-order valence-electron chi connectivity index (χ4n) is 3.04. The zero-order chi connectivity index (χ0) is 21.3. The van der Waals surface area contributed by atoms with Crippen LogP contribution in [0.2, 0.25) is 0 Å². The van der Waals surface area contributed by atoms with E-state index in [0.717, 1.165) is 16.2 Å². The van der Waals surface area contributed by atoms with Crippen LogP contribution < -0.4 is 5.32 Å². The van der Waals surface area contributed by atoms with E-state index in [1.165, 1.54) is 6.08 Å². The minimum atomic E-state index is -3.59. The number of hydrogen-bond donors (Lipinski definition) is 2. The standard InChI is InChI=1S/C20H17N3O5S2/c24-9-8-23-18(25)11-16(19(23)26)21-14-6-7-15-17(10-14)29-20(22-15)30(27,28)12-13-4-2-1-3-5-13/h1-7,10-11,21,24H,8-9,12H2. The third-order valence-electron chi connectivity index (χ3n) is 4.45. The van der Waals surface area contributed by atoms with Gasteiger partial charge in [-0.1, -0.05) is 30.3 Å². The van der Waals surface area contributed by atoms with E-state index in [4.69, 9.17) is 5.11 Å². The molecule has 0 saturated carbocycles. The Hall–Kier alpha value is -3.08. The highest BCUT2D eigenvalue weighted by Crippen LogP contribution is 2.30. The van der Waals surface area contributed by atoms with Crippen LogP contribution in [-0.4, -0.2) is 48.4 Å². The molecule has 2 amide bonds. The molecule has 10 heteroatoms. The van der Waals surface area contributed by atoms with E-state index in [0.29, 0.717) is 21.5 Å². The van der Waals surface area contributed by atoms with Crippen molar-refractivity contribution < 1.29 is 23.1 Å². The molecular formula is C20H17N3O5S2. The number of carbonyl (C=O) groups is 2. The minimum Gasteiger partial charge on any atom is -0.395 e. The second-order valence-corrected chi connectivity index (χ2v) is 9.80. The van der Waals surface area contributed by atoms with Gasteiger partial charge in [0.25, 0.3) is 11.8 Å². The molecule has 0 bridgehead atoms. The Kier molecular flexibility index (Phi) is 5.37. The topological polar surface area (TPSA) is 117 Å². The normalized spacial score (nSPS) is 14.4. The second kappa shape index (κ2) is 7.98. The summed E-state index contributed by atoms with van der Waals surface area (Å²) in [5.41, 5.74) is 1.83. The molecule has 0 atom stereocenters. The van der Waals surface area contributed by atoms with Gasteiger partial charge in [0, 0.05) is 11.8 Å². The molecule has 3 aromatic rings. The summed E-state index contributed by atoms with van der Waals surface area (Å²) in [6.45, 7) is -0.387. The number of imide groups is 1. The van der Waals surface area contributed by atoms with Crippen molar-refractivity contribution in [2.45, 2.75) is 10.1 Å². The number of carbonyl (C=O) groups excluding carboxylic acids is 2. The van der Waals surface area contributed by atoms with Gasteiger partial charge in [-0.25, -0.2) is 13.4 Å². The van der Waals surface area contributed by atoms with Crippen LogP contribution in [-0.2, 0) is 25.2 Å². The number of aromatic nitrogens is 1. The minimum absolute atomic E-state index is 0.0268. The van der Waals surface area contributed by atoms with Crippen molar-refractivity contribution in [1.82, 2.24) is 9.88 Å². The number of nitrogens with one attached hydrogen (secondary N) is 1. The van der Waals surface area contributed by atoms with Crippen molar-refractivity contribution in [3.63, 3.8) is 0 Å². The fourth-order valence-corrected chi connectivity index (χ4v) is 5.72. The van der Waals surface area contributed by atoms with Crippen LogP contribution in [0, 0.1) is 0 Å². The van der Waals surface area contributed by atoms with Crippen molar-refractivity contribution in [2.75, 3.05) is 18.5 Å². The average molecular weight is 444 g/mol. The molecule has 1 aromatic heterocycles. The van der Waals surface area contributed by atoms with E-state index in [-0.39, 0.29) is 28.9 Å². The first-order valence-electron chi connectivity index (χ1n) is 9.00. The van der Waals surface area contributed by atoms with Crippen LogP contribution >= 0.6 is 11.3 Å². The van der Waals surface area contributed by atoms with Gasteiger partial charge in [0.15, 0.2) is 0 Å². The number of β-amino-alcohol motifs (C(OH)–C–C–N with tert-alkyl or cyclic N) is 1. The maximum Gasteiger partial charge on any atom is 0.277 e. The molecule has 0 radical (unpaired) electrons. The molecule has 1 aliphatic rings. The number of rotatable bonds is 7. The first-order chi connectivity index (χ1) is 14.4. The van der Waals surface area contributed by atoms with E-state index in [1.54, 1.807) is 42.5 Å². The molecule has 2 N–H and O–H groups in total. The maximum atomic E-state index is 12.7. The Morgan fingerprint density at radius 3 is 2.60 bits per heavy atom. The first kappa shape index (κ1) is 20.2. The summed E-state index contributed by atoms with van der Waals surface area (Å²) in [5.74, 6) is -1.16. The number of aliphatic hydroxyl groups excluding tert-OH is 1. The van der Waals surface area contributed by atoms with Crippen LogP contribution in [0.5, 0.6) is 0 Å². The lowest BCUT2D eigenvalue weighted by Gasteiger charge is -2.13. The Bertz CT molecular complexity index is 1270. The Morgan fingerprint density at radius 1 is 1.10 bits per heavy atom. The first-order valence-corrected chi connectivity index (χ1v) is 11.5. The van der Waals surface area contributed by atoms with E-state index >= 15 is 0 Å². The molecule has 4 rings (SSSR count). The summed E-state index contributed by atoms with van der Waals surface area (Å²) in [6.07, 6.45) is 1.17. The number of fused-ring (bicyclic) bond motifs is 1. The van der Waals surface area contributed by atoms with Gasteiger partial charge in [0.2, 0.25) is 14.2 Å². The second-order valence-electron chi connectivity index (χ2n) is 6.61. The fraction of sp³-hybridized carbons (Fsp3) is 0.150. The van der Waals surface area contributed by atoms with Gasteiger partial charge in [-0.2, -0.15) is 0 Å². The summed E-state index contributed by atoms with van der Waals surface area (Å²) in [7, 11) is -3.59. The van der Waals surface area contributed by atoms with Gasteiger partial charge in [-0.15, -0.1) is 11.3 Å². The van der Waals surface area contributed by atoms with Gasteiger partial charge < -0.3 is 10.4 Å². The average Bonchev–Trinajstić information content (AvgIpc) is 3.26. The van der Waals surface area contributed by atoms with E-state index < -0.39 is 21.7 Å². The SMILES string of the molecule is O=C1C=C(Nc2ccc3nc(S(=O)(=O)Cc4ccccc4)sc3c2)C(=O)N1CCO. The summed E-state index contributed by atoms with van der Waals surface area (Å²) in [4.78, 5) is 29.3. The van der Waals surface area contributed by atoms with Gasteiger partial charge in [-0.3, -0.25) is 14.5 Å². The summed E-state index contributed by atoms with van der Waals surface area (Å²) in [5, 5.41) is 11.9. The number of nitrogens with zero attached hydrogens (tertiary/aromatic N) is 2. The third-order valence-corrected chi connectivity index (χ3v) is 7.61. The zero-order valence-electron chi connectivity index (χ0n) is 15.6. The molecule has 8 nitrogen and oxygen atoms in total. The van der Waals surface area contributed by atoms with Gasteiger partial charge in [0.1, 0.15) is 5.70 Å². The van der Waals surface area contributed by atoms with Crippen LogP contribution in [0.25, 0.3) is 10.2 Å². The van der Waals surface area contributed by atoms with Crippen molar-refractivity contribution in [3.05, 3.63) is 65.9 Å². The van der Waals surface area contributed by atoms with Crippen molar-refractivity contribution in [2.24, 2.45) is 0 Å². The molecule has 0 aliphatic carbocycles. The number of hydrogen-bond acceptors (Lipinski definition) is 8. The molecule has 0 fully saturated rings. The molecule has 2 aromatic carbocycles. The number of aliphatic hydroxyl groups is 1. The lowest BCUT2D eigenvalue weighted by molar-refractivity contribution is -0.137. The predicted octanol–water partition coefficient (Wildman–Crippen LogP) is 1.93.